The van der Waals surface area contributed by atoms with Gasteiger partial charge in [-0.25, -0.2) is 14.7 Å². The second kappa shape index (κ2) is 10.1. The first-order valence-electron chi connectivity index (χ1n) is 12.1. The van der Waals surface area contributed by atoms with Crippen molar-refractivity contribution in [3.8, 4) is 0 Å². The molecule has 0 spiro atoms. The summed E-state index contributed by atoms with van der Waals surface area (Å²) in [7, 11) is -4.26. The molecule has 10 heteroatoms. The molecule has 2 aromatic rings. The number of hydrogen-bond acceptors (Lipinski definition) is 8. The Balaban J connectivity index is 2.18. The Morgan fingerprint density at radius 1 is 1.31 bits per heavy atom. The zero-order valence-corrected chi connectivity index (χ0v) is 22.9. The highest BCUT2D eigenvalue weighted by Crippen LogP contribution is 2.39. The van der Waals surface area contributed by atoms with Crippen molar-refractivity contribution in [2.45, 2.75) is 70.9 Å². The lowest BCUT2D eigenvalue weighted by atomic mass is 9.87. The van der Waals surface area contributed by atoms with Crippen molar-refractivity contribution in [2.24, 2.45) is 5.92 Å². The Kier molecular flexibility index (Phi) is 7.69. The number of carbonyl (C=O) groups is 1. The van der Waals surface area contributed by atoms with Crippen molar-refractivity contribution in [2.75, 3.05) is 23.8 Å². The van der Waals surface area contributed by atoms with Crippen molar-refractivity contribution in [3.63, 3.8) is 0 Å². The molecule has 3 rings (SSSR count). The van der Waals surface area contributed by atoms with Crippen molar-refractivity contribution >= 4 is 33.6 Å². The van der Waals surface area contributed by atoms with Crippen molar-refractivity contribution in [3.05, 3.63) is 47.3 Å². The Labute approximate surface area is 214 Å². The summed E-state index contributed by atoms with van der Waals surface area (Å²) < 4.78 is 33.5. The van der Waals surface area contributed by atoms with Crippen molar-refractivity contribution < 1.29 is 17.9 Å². The SMILES string of the molecule is CCOC=Cc1cc(C(=O)NS(=O)(=O)c2cccc(N)n2)c(N2CC(C)CC2(C)C)nc1C(C)(C)C. The van der Waals surface area contributed by atoms with E-state index in [2.05, 4.69) is 35.4 Å². The van der Waals surface area contributed by atoms with Gasteiger partial charge in [0, 0.05) is 23.1 Å². The van der Waals surface area contributed by atoms with E-state index < -0.39 is 15.9 Å². The third kappa shape index (κ3) is 5.98. The van der Waals surface area contributed by atoms with E-state index in [9.17, 15) is 13.2 Å². The fraction of sp³-hybridized carbons (Fsp3) is 0.500. The summed E-state index contributed by atoms with van der Waals surface area (Å²) >= 11 is 0. The van der Waals surface area contributed by atoms with Crippen LogP contribution < -0.4 is 15.4 Å². The summed E-state index contributed by atoms with van der Waals surface area (Å²) in [5, 5.41) is -0.330. The number of aromatic nitrogens is 2. The molecule has 2 aromatic heterocycles. The van der Waals surface area contributed by atoms with E-state index in [1.165, 1.54) is 18.2 Å². The quantitative estimate of drug-likeness (QED) is 0.528. The lowest BCUT2D eigenvalue weighted by Crippen LogP contribution is -2.41. The summed E-state index contributed by atoms with van der Waals surface area (Å²) in [6.45, 7) is 15.6. The van der Waals surface area contributed by atoms with Crippen LogP contribution in [0.25, 0.3) is 6.08 Å². The number of ether oxygens (including phenoxy) is 1. The number of nitrogens with zero attached hydrogens (tertiary/aromatic N) is 3. The normalized spacial score (nSPS) is 18.0. The van der Waals surface area contributed by atoms with E-state index in [-0.39, 0.29) is 27.4 Å². The summed E-state index contributed by atoms with van der Waals surface area (Å²) in [4.78, 5) is 24.5. The molecule has 0 bridgehead atoms. The molecule has 196 valence electrons. The van der Waals surface area contributed by atoms with E-state index >= 15 is 0 Å². The maximum absolute atomic E-state index is 13.6. The van der Waals surface area contributed by atoms with Gasteiger partial charge in [-0.05, 0) is 57.4 Å². The molecule has 0 radical (unpaired) electrons. The van der Waals surface area contributed by atoms with Gasteiger partial charge in [0.1, 0.15) is 11.6 Å². The van der Waals surface area contributed by atoms with Crippen LogP contribution in [-0.2, 0) is 20.2 Å². The molecular formula is C26H37N5O4S. The fourth-order valence-corrected chi connectivity index (χ4v) is 5.55. The molecule has 1 atom stereocenters. The lowest BCUT2D eigenvalue weighted by Gasteiger charge is -2.35. The number of rotatable bonds is 7. The van der Waals surface area contributed by atoms with Gasteiger partial charge in [-0.2, -0.15) is 8.42 Å². The van der Waals surface area contributed by atoms with Gasteiger partial charge < -0.3 is 15.4 Å². The van der Waals surface area contributed by atoms with Crippen LogP contribution in [0.3, 0.4) is 0 Å². The Bertz CT molecular complexity index is 1270. The van der Waals surface area contributed by atoms with Crippen molar-refractivity contribution in [1.82, 2.24) is 14.7 Å². The molecule has 1 aliphatic rings. The third-order valence-electron chi connectivity index (χ3n) is 6.07. The first-order valence-corrected chi connectivity index (χ1v) is 13.5. The Morgan fingerprint density at radius 2 is 2.00 bits per heavy atom. The highest BCUT2D eigenvalue weighted by atomic mass is 32.2. The molecule has 3 heterocycles. The van der Waals surface area contributed by atoms with E-state index in [0.29, 0.717) is 30.5 Å². The van der Waals surface area contributed by atoms with Gasteiger partial charge in [-0.1, -0.05) is 33.8 Å². The predicted octanol–water partition coefficient (Wildman–Crippen LogP) is 4.11. The second-order valence-electron chi connectivity index (χ2n) is 10.9. The van der Waals surface area contributed by atoms with E-state index in [1.807, 2.05) is 27.7 Å². The van der Waals surface area contributed by atoms with Crippen LogP contribution in [0.2, 0.25) is 0 Å². The molecule has 1 amide bonds. The maximum Gasteiger partial charge on any atom is 0.281 e. The van der Waals surface area contributed by atoms with Crippen LogP contribution in [0.1, 0.15) is 76.5 Å². The molecule has 0 saturated carbocycles. The van der Waals surface area contributed by atoms with Gasteiger partial charge in [0.2, 0.25) is 0 Å². The van der Waals surface area contributed by atoms with Gasteiger partial charge >= 0.3 is 0 Å². The molecular weight excluding hydrogens is 478 g/mol. The summed E-state index contributed by atoms with van der Waals surface area (Å²) in [6.07, 6.45) is 4.23. The third-order valence-corrected chi connectivity index (χ3v) is 7.31. The number of nitrogen functional groups attached to an aromatic ring is 1. The van der Waals surface area contributed by atoms with Gasteiger partial charge in [0.25, 0.3) is 15.9 Å². The van der Waals surface area contributed by atoms with E-state index in [0.717, 1.165) is 12.1 Å². The molecule has 9 nitrogen and oxygen atoms in total. The zero-order valence-electron chi connectivity index (χ0n) is 22.1. The molecule has 1 fully saturated rings. The number of nitrogens with one attached hydrogen (secondary N) is 1. The lowest BCUT2D eigenvalue weighted by molar-refractivity contribution is 0.0981. The smallest absolute Gasteiger partial charge is 0.281 e. The number of nitrogens with two attached hydrogens (primary N) is 1. The number of anilines is 2. The molecule has 3 N–H and O–H groups in total. The number of amides is 1. The molecule has 1 saturated heterocycles. The average Bonchev–Trinajstić information content (AvgIpc) is 3.04. The maximum atomic E-state index is 13.6. The minimum absolute atomic E-state index is 0.0401. The topological polar surface area (TPSA) is 128 Å². The van der Waals surface area contributed by atoms with Crippen LogP contribution in [0.4, 0.5) is 11.6 Å². The first-order chi connectivity index (χ1) is 16.7. The Morgan fingerprint density at radius 3 is 2.56 bits per heavy atom. The standard InChI is InChI=1S/C26H37N5O4S/c1-8-35-13-12-18-14-19(24(32)30-36(33,34)21-11-9-10-20(27)28-21)23(29-22(18)25(3,4)5)31-16-17(2)15-26(31,6)7/h9-14,17H,8,15-16H2,1-7H3,(H2,27,28)(H,30,32). The number of hydrogen-bond donors (Lipinski definition) is 2. The monoisotopic (exact) mass is 515 g/mol. The number of carbonyl (C=O) groups excluding carboxylic acids is 1. The molecule has 36 heavy (non-hydrogen) atoms. The Hall–Kier alpha value is -3.14. The van der Waals surface area contributed by atoms with Crippen LogP contribution in [-0.4, -0.2) is 43.0 Å². The summed E-state index contributed by atoms with van der Waals surface area (Å²) in [6, 6.07) is 5.92. The molecule has 1 aliphatic heterocycles. The van der Waals surface area contributed by atoms with E-state index in [1.54, 1.807) is 18.4 Å². The largest absolute Gasteiger partial charge is 0.501 e. The van der Waals surface area contributed by atoms with Gasteiger partial charge in [-0.3, -0.25) is 4.79 Å². The van der Waals surface area contributed by atoms with Crippen LogP contribution in [0.5, 0.6) is 0 Å². The van der Waals surface area contributed by atoms with Gasteiger partial charge in [-0.15, -0.1) is 0 Å². The average molecular weight is 516 g/mol. The minimum Gasteiger partial charge on any atom is -0.501 e. The van der Waals surface area contributed by atoms with Crippen LogP contribution >= 0.6 is 0 Å². The highest BCUT2D eigenvalue weighted by Gasteiger charge is 2.40. The first kappa shape index (κ1) is 27.4. The van der Waals surface area contributed by atoms with Crippen LogP contribution in [0, 0.1) is 5.92 Å². The van der Waals surface area contributed by atoms with E-state index in [4.69, 9.17) is 15.5 Å². The molecule has 0 aromatic carbocycles. The highest BCUT2D eigenvalue weighted by molar-refractivity contribution is 7.90. The molecule has 1 unspecified atom stereocenters. The zero-order chi connectivity index (χ0) is 26.9. The van der Waals surface area contributed by atoms with Crippen LogP contribution in [0.15, 0.2) is 35.6 Å². The van der Waals surface area contributed by atoms with Gasteiger partial charge in [0.15, 0.2) is 5.03 Å². The number of sulfonamides is 1. The number of pyridine rings is 2. The summed E-state index contributed by atoms with van der Waals surface area (Å²) in [5.74, 6) is 0.0894. The minimum atomic E-state index is -4.26. The summed E-state index contributed by atoms with van der Waals surface area (Å²) in [5.41, 5.74) is 6.66. The second-order valence-corrected chi connectivity index (χ2v) is 12.5. The molecule has 0 aliphatic carbocycles. The predicted molar refractivity (Wildman–Crippen MR) is 142 cm³/mol. The van der Waals surface area contributed by atoms with Crippen molar-refractivity contribution in [1.29, 1.82) is 0 Å². The fourth-order valence-electron chi connectivity index (χ4n) is 4.61. The van der Waals surface area contributed by atoms with Gasteiger partial charge in [0.05, 0.1) is 24.1 Å².